The van der Waals surface area contributed by atoms with Gasteiger partial charge in [0.05, 0.1) is 5.69 Å². The molecule has 82 valence electrons. The van der Waals surface area contributed by atoms with Crippen molar-refractivity contribution in [2.75, 3.05) is 11.9 Å². The van der Waals surface area contributed by atoms with Crippen LogP contribution < -0.4 is 4.90 Å². The summed E-state index contributed by atoms with van der Waals surface area (Å²) in [5.74, 6) is 0.478. The third kappa shape index (κ3) is 1.92. The van der Waals surface area contributed by atoms with Gasteiger partial charge < -0.3 is 0 Å². The molecule has 0 bridgehead atoms. The van der Waals surface area contributed by atoms with E-state index in [0.29, 0.717) is 16.4 Å². The van der Waals surface area contributed by atoms with Crippen LogP contribution in [0.5, 0.6) is 0 Å². The zero-order valence-electron chi connectivity index (χ0n) is 8.91. The third-order valence-corrected chi connectivity index (χ3v) is 2.96. The van der Waals surface area contributed by atoms with Crippen LogP contribution in [0.15, 0.2) is 24.4 Å². The highest BCUT2D eigenvalue weighted by atomic mass is 32.1. The maximum absolute atomic E-state index is 12.0. The van der Waals surface area contributed by atoms with Crippen molar-refractivity contribution in [2.24, 2.45) is 0 Å². The molecule has 0 aliphatic heterocycles. The van der Waals surface area contributed by atoms with E-state index in [2.05, 4.69) is 14.6 Å². The largest absolute Gasteiger partial charge is 0.295 e. The second-order valence-electron chi connectivity index (χ2n) is 3.24. The summed E-state index contributed by atoms with van der Waals surface area (Å²) in [6, 6.07) is 5.42. The highest BCUT2D eigenvalue weighted by molar-refractivity contribution is 7.08. The first-order valence-electron chi connectivity index (χ1n) is 4.68. The first-order chi connectivity index (χ1) is 7.70. The molecule has 0 saturated heterocycles. The molecule has 6 heteroatoms. The fourth-order valence-electron chi connectivity index (χ4n) is 1.24. The van der Waals surface area contributed by atoms with Crippen LogP contribution in [0.1, 0.15) is 15.4 Å². The maximum Gasteiger partial charge on any atom is 0.272 e. The normalized spacial score (nSPS) is 10.1. The van der Waals surface area contributed by atoms with Crippen LogP contribution >= 0.6 is 11.5 Å². The number of hydrogen-bond acceptors (Lipinski definition) is 5. The minimum Gasteiger partial charge on any atom is -0.295 e. The second kappa shape index (κ2) is 4.36. The third-order valence-electron chi connectivity index (χ3n) is 2.14. The second-order valence-corrected chi connectivity index (χ2v) is 3.99. The van der Waals surface area contributed by atoms with E-state index in [0.717, 1.165) is 11.5 Å². The molecule has 0 radical (unpaired) electrons. The number of aryl methyl sites for hydroxylation is 1. The number of carbonyl (C=O) groups excluding carboxylic acids is 1. The predicted octanol–water partition coefficient (Wildman–Crippen LogP) is 1.52. The van der Waals surface area contributed by atoms with Gasteiger partial charge in [0.1, 0.15) is 10.7 Å². The first kappa shape index (κ1) is 10.7. The van der Waals surface area contributed by atoms with Crippen LogP contribution in [0.2, 0.25) is 0 Å². The number of rotatable bonds is 2. The number of hydrogen-bond donors (Lipinski definition) is 0. The number of carbonyl (C=O) groups is 1. The number of pyridine rings is 1. The Balaban J connectivity index is 2.27. The molecule has 0 aromatic carbocycles. The molecule has 2 aromatic rings. The molecule has 2 rings (SSSR count). The van der Waals surface area contributed by atoms with Crippen molar-refractivity contribution in [1.29, 1.82) is 0 Å². The Kier molecular flexibility index (Phi) is 2.91. The van der Waals surface area contributed by atoms with Crippen molar-refractivity contribution < 1.29 is 4.79 Å². The van der Waals surface area contributed by atoms with Gasteiger partial charge in [0.25, 0.3) is 5.91 Å². The van der Waals surface area contributed by atoms with Gasteiger partial charge in [0.15, 0.2) is 0 Å². The van der Waals surface area contributed by atoms with Crippen molar-refractivity contribution in [3.8, 4) is 0 Å². The highest BCUT2D eigenvalue weighted by Gasteiger charge is 2.19. The molecule has 16 heavy (non-hydrogen) atoms. The van der Waals surface area contributed by atoms with Crippen LogP contribution in [-0.4, -0.2) is 27.5 Å². The Morgan fingerprint density at radius 2 is 2.25 bits per heavy atom. The van der Waals surface area contributed by atoms with Gasteiger partial charge in [-0.15, -0.1) is 5.10 Å². The van der Waals surface area contributed by atoms with Gasteiger partial charge in [-0.2, -0.15) is 0 Å². The SMILES string of the molecule is Cc1nnsc1C(=O)N(C)c1ccccn1. The van der Waals surface area contributed by atoms with Crippen LogP contribution in [0, 0.1) is 6.92 Å². The van der Waals surface area contributed by atoms with Gasteiger partial charge >= 0.3 is 0 Å². The Morgan fingerprint density at radius 3 is 2.81 bits per heavy atom. The number of nitrogens with zero attached hydrogens (tertiary/aromatic N) is 4. The average Bonchev–Trinajstić information content (AvgIpc) is 2.75. The van der Waals surface area contributed by atoms with Crippen molar-refractivity contribution in [2.45, 2.75) is 6.92 Å². The molecule has 1 amide bonds. The number of amides is 1. The Labute approximate surface area is 96.9 Å². The zero-order valence-corrected chi connectivity index (χ0v) is 9.73. The monoisotopic (exact) mass is 234 g/mol. The smallest absolute Gasteiger partial charge is 0.272 e. The summed E-state index contributed by atoms with van der Waals surface area (Å²) in [4.78, 5) is 18.2. The topological polar surface area (TPSA) is 59.0 Å². The summed E-state index contributed by atoms with van der Waals surface area (Å²) in [5, 5.41) is 3.81. The first-order valence-corrected chi connectivity index (χ1v) is 5.45. The quantitative estimate of drug-likeness (QED) is 0.790. The summed E-state index contributed by atoms with van der Waals surface area (Å²) in [7, 11) is 1.68. The molecular formula is C10H10N4OS. The van der Waals surface area contributed by atoms with Crippen LogP contribution in [0.25, 0.3) is 0 Å². The molecule has 0 aliphatic carbocycles. The molecule has 0 unspecified atom stereocenters. The van der Waals surface area contributed by atoms with Crippen molar-refractivity contribution in [1.82, 2.24) is 14.6 Å². The summed E-state index contributed by atoms with van der Waals surface area (Å²) < 4.78 is 3.74. The van der Waals surface area contributed by atoms with Crippen LogP contribution in [0.4, 0.5) is 5.82 Å². The summed E-state index contributed by atoms with van der Waals surface area (Å²) in [6.45, 7) is 1.77. The molecule has 0 saturated carbocycles. The average molecular weight is 234 g/mol. The Bertz CT molecular complexity index is 497. The van der Waals surface area contributed by atoms with E-state index in [-0.39, 0.29) is 5.91 Å². The Hall–Kier alpha value is -1.82. The molecule has 0 fully saturated rings. The predicted molar refractivity (Wildman–Crippen MR) is 61.6 cm³/mol. The lowest BCUT2D eigenvalue weighted by atomic mass is 10.3. The lowest BCUT2D eigenvalue weighted by molar-refractivity contribution is 0.0995. The van der Waals surface area contributed by atoms with Gasteiger partial charge in [0, 0.05) is 13.2 Å². The maximum atomic E-state index is 12.0. The van der Waals surface area contributed by atoms with E-state index < -0.39 is 0 Å². The summed E-state index contributed by atoms with van der Waals surface area (Å²) >= 11 is 1.10. The van der Waals surface area contributed by atoms with Crippen molar-refractivity contribution >= 4 is 23.3 Å². The molecule has 2 heterocycles. The standard InChI is InChI=1S/C10H10N4OS/c1-7-9(16-13-12-7)10(15)14(2)8-5-3-4-6-11-8/h3-6H,1-2H3. The summed E-state index contributed by atoms with van der Waals surface area (Å²) in [5.41, 5.74) is 0.651. The minimum absolute atomic E-state index is 0.133. The molecule has 5 nitrogen and oxygen atoms in total. The molecule has 0 spiro atoms. The van der Waals surface area contributed by atoms with Crippen molar-refractivity contribution in [3.63, 3.8) is 0 Å². The van der Waals surface area contributed by atoms with E-state index >= 15 is 0 Å². The van der Waals surface area contributed by atoms with E-state index in [1.807, 2.05) is 6.07 Å². The van der Waals surface area contributed by atoms with Gasteiger partial charge in [0.2, 0.25) is 0 Å². The van der Waals surface area contributed by atoms with Gasteiger partial charge in [-0.05, 0) is 30.6 Å². The van der Waals surface area contributed by atoms with Gasteiger partial charge in [-0.3, -0.25) is 9.69 Å². The van der Waals surface area contributed by atoms with E-state index in [9.17, 15) is 4.79 Å². The molecular weight excluding hydrogens is 224 g/mol. The number of anilines is 1. The highest BCUT2D eigenvalue weighted by Crippen LogP contribution is 2.15. The fourth-order valence-corrected chi connectivity index (χ4v) is 1.87. The molecule has 2 aromatic heterocycles. The molecule has 0 aliphatic rings. The lowest BCUT2D eigenvalue weighted by Gasteiger charge is -2.14. The number of aromatic nitrogens is 3. The lowest BCUT2D eigenvalue weighted by Crippen LogP contribution is -2.26. The fraction of sp³-hybridized carbons (Fsp3) is 0.200. The van der Waals surface area contributed by atoms with E-state index in [4.69, 9.17) is 0 Å². The zero-order chi connectivity index (χ0) is 11.5. The van der Waals surface area contributed by atoms with E-state index in [1.165, 1.54) is 4.90 Å². The van der Waals surface area contributed by atoms with Crippen LogP contribution in [-0.2, 0) is 0 Å². The molecule has 0 N–H and O–H groups in total. The van der Waals surface area contributed by atoms with Gasteiger partial charge in [-0.1, -0.05) is 10.6 Å². The van der Waals surface area contributed by atoms with Crippen LogP contribution in [0.3, 0.4) is 0 Å². The minimum atomic E-state index is -0.133. The van der Waals surface area contributed by atoms with E-state index in [1.54, 1.807) is 32.3 Å². The van der Waals surface area contributed by atoms with Crippen molar-refractivity contribution in [3.05, 3.63) is 35.0 Å². The van der Waals surface area contributed by atoms with Gasteiger partial charge in [-0.25, -0.2) is 4.98 Å². The Morgan fingerprint density at radius 1 is 1.44 bits per heavy atom. The summed E-state index contributed by atoms with van der Waals surface area (Å²) in [6.07, 6.45) is 1.65. The molecule has 0 atom stereocenters.